The summed E-state index contributed by atoms with van der Waals surface area (Å²) in [5, 5.41) is 0. The summed E-state index contributed by atoms with van der Waals surface area (Å²) in [5.74, 6) is 0.165. The van der Waals surface area contributed by atoms with E-state index in [-0.39, 0.29) is 17.6 Å². The predicted octanol–water partition coefficient (Wildman–Crippen LogP) is 0.810. The van der Waals surface area contributed by atoms with E-state index in [0.29, 0.717) is 36.4 Å². The normalized spacial score (nSPS) is 18.0. The molecule has 1 aliphatic heterocycles. The average Bonchev–Trinajstić information content (AvgIpc) is 3.29. The summed E-state index contributed by atoms with van der Waals surface area (Å²) in [4.78, 5) is 34.8. The van der Waals surface area contributed by atoms with Crippen LogP contribution in [0, 0.1) is 0 Å². The second-order valence-electron chi connectivity index (χ2n) is 5.61. The molecule has 0 saturated carbocycles. The molecule has 0 bridgehead atoms. The van der Waals surface area contributed by atoms with E-state index in [4.69, 9.17) is 4.42 Å². The molecule has 1 aliphatic rings. The van der Waals surface area contributed by atoms with Crippen LogP contribution < -0.4 is 5.69 Å². The molecular weight excluding hydrogens is 298 g/mol. The molecule has 1 saturated heterocycles. The van der Waals surface area contributed by atoms with Gasteiger partial charge in [0.05, 0.1) is 18.5 Å². The number of carbonyl (C=O) groups is 1. The third kappa shape index (κ3) is 2.06. The largest absolute Gasteiger partial charge is 0.459 e. The summed E-state index contributed by atoms with van der Waals surface area (Å²) in [5.41, 5.74) is 1.15. The standard InChI is InChI=1S/C15H15N5O3/c1-18-11-7-16-9-17-13(11)20(15(18)22)10-4-5-19(8-10)14(21)12-3-2-6-23-12/h2-3,6-7,9-10H,4-5,8H2,1H3/t10-/m0/s1. The summed E-state index contributed by atoms with van der Waals surface area (Å²) in [6, 6.07) is 3.24. The van der Waals surface area contributed by atoms with Crippen molar-refractivity contribution < 1.29 is 9.21 Å². The topological polar surface area (TPSA) is 86.2 Å². The molecule has 0 spiro atoms. The molecule has 1 atom stereocenters. The number of hydrogen-bond donors (Lipinski definition) is 0. The molecule has 8 heteroatoms. The minimum Gasteiger partial charge on any atom is -0.459 e. The summed E-state index contributed by atoms with van der Waals surface area (Å²) >= 11 is 0. The van der Waals surface area contributed by atoms with Crippen molar-refractivity contribution in [3.8, 4) is 0 Å². The fraction of sp³-hybridized carbons (Fsp3) is 0.333. The maximum Gasteiger partial charge on any atom is 0.330 e. The lowest BCUT2D eigenvalue weighted by atomic mass is 10.2. The highest BCUT2D eigenvalue weighted by Gasteiger charge is 2.31. The van der Waals surface area contributed by atoms with Crippen molar-refractivity contribution in [2.45, 2.75) is 12.5 Å². The Morgan fingerprint density at radius 3 is 3.09 bits per heavy atom. The van der Waals surface area contributed by atoms with Crippen molar-refractivity contribution in [3.63, 3.8) is 0 Å². The first-order valence-electron chi connectivity index (χ1n) is 7.36. The number of carbonyl (C=O) groups excluding carboxylic acids is 1. The number of furan rings is 1. The number of aromatic nitrogens is 4. The number of likely N-dealkylation sites (tertiary alicyclic amines) is 1. The van der Waals surface area contributed by atoms with Gasteiger partial charge in [0.2, 0.25) is 0 Å². The van der Waals surface area contributed by atoms with E-state index in [1.165, 1.54) is 17.2 Å². The molecule has 23 heavy (non-hydrogen) atoms. The van der Waals surface area contributed by atoms with Gasteiger partial charge in [-0.1, -0.05) is 0 Å². The Hall–Kier alpha value is -2.90. The van der Waals surface area contributed by atoms with Gasteiger partial charge in [-0.15, -0.1) is 0 Å². The van der Waals surface area contributed by atoms with Crippen LogP contribution >= 0.6 is 0 Å². The Bertz CT molecular complexity index is 924. The summed E-state index contributed by atoms with van der Waals surface area (Å²) in [6.45, 7) is 1.04. The van der Waals surface area contributed by atoms with Crippen molar-refractivity contribution >= 4 is 17.1 Å². The zero-order valence-corrected chi connectivity index (χ0v) is 12.5. The minimum absolute atomic E-state index is 0.0972. The molecule has 1 amide bonds. The highest BCUT2D eigenvalue weighted by molar-refractivity contribution is 5.91. The fourth-order valence-corrected chi connectivity index (χ4v) is 3.12. The van der Waals surface area contributed by atoms with Crippen molar-refractivity contribution in [1.29, 1.82) is 0 Å². The van der Waals surface area contributed by atoms with Gasteiger partial charge in [0, 0.05) is 20.1 Å². The Labute approximate surface area is 131 Å². The fourth-order valence-electron chi connectivity index (χ4n) is 3.12. The molecule has 4 heterocycles. The predicted molar refractivity (Wildman–Crippen MR) is 81.0 cm³/mol. The highest BCUT2D eigenvalue weighted by atomic mass is 16.3. The lowest BCUT2D eigenvalue weighted by Crippen LogP contribution is -2.31. The van der Waals surface area contributed by atoms with Crippen molar-refractivity contribution in [3.05, 3.63) is 47.2 Å². The quantitative estimate of drug-likeness (QED) is 0.699. The Kier molecular flexibility index (Phi) is 3.03. The Morgan fingerprint density at radius 2 is 2.30 bits per heavy atom. The second-order valence-corrected chi connectivity index (χ2v) is 5.61. The first-order chi connectivity index (χ1) is 11.2. The monoisotopic (exact) mass is 313 g/mol. The van der Waals surface area contributed by atoms with Crippen LogP contribution in [0.5, 0.6) is 0 Å². The van der Waals surface area contributed by atoms with Gasteiger partial charge in [0.25, 0.3) is 5.91 Å². The first-order valence-corrected chi connectivity index (χ1v) is 7.36. The zero-order valence-electron chi connectivity index (χ0n) is 12.5. The maximum atomic E-state index is 12.5. The molecule has 0 aliphatic carbocycles. The van der Waals surface area contributed by atoms with Crippen molar-refractivity contribution in [1.82, 2.24) is 24.0 Å². The molecular formula is C15H15N5O3. The van der Waals surface area contributed by atoms with E-state index in [0.717, 1.165) is 0 Å². The molecule has 0 radical (unpaired) electrons. The van der Waals surface area contributed by atoms with Crippen LogP contribution in [-0.2, 0) is 7.05 Å². The van der Waals surface area contributed by atoms with E-state index < -0.39 is 0 Å². The van der Waals surface area contributed by atoms with Gasteiger partial charge < -0.3 is 9.32 Å². The molecule has 3 aromatic rings. The Balaban J connectivity index is 1.67. The van der Waals surface area contributed by atoms with Gasteiger partial charge in [-0.25, -0.2) is 14.8 Å². The van der Waals surface area contributed by atoms with E-state index >= 15 is 0 Å². The van der Waals surface area contributed by atoms with Crippen LogP contribution in [0.15, 0.2) is 40.1 Å². The van der Waals surface area contributed by atoms with Crippen molar-refractivity contribution in [2.24, 2.45) is 7.05 Å². The van der Waals surface area contributed by atoms with E-state index in [1.54, 1.807) is 34.8 Å². The average molecular weight is 313 g/mol. The lowest BCUT2D eigenvalue weighted by Gasteiger charge is -2.15. The van der Waals surface area contributed by atoms with Gasteiger partial charge in [-0.3, -0.25) is 13.9 Å². The third-order valence-corrected chi connectivity index (χ3v) is 4.30. The summed E-state index contributed by atoms with van der Waals surface area (Å²) in [7, 11) is 1.70. The summed E-state index contributed by atoms with van der Waals surface area (Å²) < 4.78 is 8.36. The maximum absolute atomic E-state index is 12.5. The van der Waals surface area contributed by atoms with Crippen LogP contribution in [0.1, 0.15) is 23.0 Å². The molecule has 3 aromatic heterocycles. The summed E-state index contributed by atoms with van der Waals surface area (Å²) in [6.07, 6.45) is 5.24. The molecule has 8 nitrogen and oxygen atoms in total. The molecule has 118 valence electrons. The minimum atomic E-state index is -0.152. The Morgan fingerprint density at radius 1 is 1.43 bits per heavy atom. The van der Waals surface area contributed by atoms with E-state index in [1.807, 2.05) is 0 Å². The molecule has 0 unspecified atom stereocenters. The van der Waals surface area contributed by atoms with Gasteiger partial charge in [-0.2, -0.15) is 0 Å². The number of aryl methyl sites for hydroxylation is 1. The zero-order chi connectivity index (χ0) is 16.0. The van der Waals surface area contributed by atoms with Gasteiger partial charge in [0.15, 0.2) is 11.4 Å². The third-order valence-electron chi connectivity index (χ3n) is 4.30. The molecule has 0 N–H and O–H groups in total. The second kappa shape index (κ2) is 5.08. The highest BCUT2D eigenvalue weighted by Crippen LogP contribution is 2.24. The molecule has 1 fully saturated rings. The van der Waals surface area contributed by atoms with Crippen LogP contribution in [0.25, 0.3) is 11.2 Å². The smallest absolute Gasteiger partial charge is 0.330 e. The van der Waals surface area contributed by atoms with E-state index in [9.17, 15) is 9.59 Å². The van der Waals surface area contributed by atoms with Crippen LogP contribution in [0.3, 0.4) is 0 Å². The number of hydrogen-bond acceptors (Lipinski definition) is 5. The molecule has 0 aromatic carbocycles. The number of imidazole rings is 1. The van der Waals surface area contributed by atoms with Crippen LogP contribution in [0.2, 0.25) is 0 Å². The SMILES string of the molecule is Cn1c(=O)n([C@H]2CCN(C(=O)c3ccco3)C2)c2ncncc21. The van der Waals surface area contributed by atoms with Gasteiger partial charge in [0.1, 0.15) is 11.8 Å². The van der Waals surface area contributed by atoms with Crippen molar-refractivity contribution in [2.75, 3.05) is 13.1 Å². The van der Waals surface area contributed by atoms with Crippen LogP contribution in [-0.4, -0.2) is 43.0 Å². The van der Waals surface area contributed by atoms with E-state index in [2.05, 4.69) is 9.97 Å². The number of rotatable bonds is 2. The number of nitrogens with zero attached hydrogens (tertiary/aromatic N) is 5. The molecule has 4 rings (SSSR count). The van der Waals surface area contributed by atoms with Gasteiger partial charge in [-0.05, 0) is 18.6 Å². The number of fused-ring (bicyclic) bond motifs is 1. The van der Waals surface area contributed by atoms with Gasteiger partial charge >= 0.3 is 5.69 Å². The first kappa shape index (κ1) is 13.7. The number of amides is 1. The lowest BCUT2D eigenvalue weighted by molar-refractivity contribution is 0.0756. The van der Waals surface area contributed by atoms with Crippen LogP contribution in [0.4, 0.5) is 0 Å².